The average Bonchev–Trinajstić information content (AvgIpc) is 2.46. The van der Waals surface area contributed by atoms with Crippen LogP contribution in [0.15, 0.2) is 29.2 Å². The number of carbonyl (C=O) groups excluding carboxylic acids is 1. The lowest BCUT2D eigenvalue weighted by molar-refractivity contribution is -0.114. The highest BCUT2D eigenvalue weighted by Crippen LogP contribution is 2.38. The van der Waals surface area contributed by atoms with Crippen molar-refractivity contribution in [1.29, 1.82) is 0 Å². The first-order chi connectivity index (χ1) is 10.0. The van der Waals surface area contributed by atoms with Crippen LogP contribution < -0.4 is 5.32 Å². The molecule has 0 aliphatic rings. The number of benzene rings is 1. The number of halogens is 1. The molecule has 1 rings (SSSR count). The van der Waals surface area contributed by atoms with Gasteiger partial charge in [0.25, 0.3) is 0 Å². The van der Waals surface area contributed by atoms with Gasteiger partial charge in [0.15, 0.2) is 0 Å². The molecule has 4 heteroatoms. The fourth-order valence-corrected chi connectivity index (χ4v) is 4.79. The Bertz CT molecular complexity index is 427. The van der Waals surface area contributed by atoms with Gasteiger partial charge in [-0.2, -0.15) is 0 Å². The second-order valence-electron chi connectivity index (χ2n) is 5.63. The number of nitrogens with one attached hydrogen (secondary N) is 1. The van der Waals surface area contributed by atoms with Crippen LogP contribution in [0, 0.1) is 5.41 Å². The lowest BCUT2D eigenvalue weighted by atomic mass is 9.83. The van der Waals surface area contributed by atoms with Crippen molar-refractivity contribution in [2.45, 2.75) is 51.3 Å². The quantitative estimate of drug-likeness (QED) is 0.444. The summed E-state index contributed by atoms with van der Waals surface area (Å²) in [6, 6.07) is 8.12. The van der Waals surface area contributed by atoms with Crippen molar-refractivity contribution in [2.75, 3.05) is 16.4 Å². The number of anilines is 1. The minimum Gasteiger partial charge on any atom is -0.326 e. The van der Waals surface area contributed by atoms with E-state index < -0.39 is 0 Å². The first-order valence-electron chi connectivity index (χ1n) is 7.61. The molecule has 0 bridgehead atoms. The van der Waals surface area contributed by atoms with E-state index in [0.29, 0.717) is 5.41 Å². The molecule has 0 aromatic heterocycles. The summed E-state index contributed by atoms with van der Waals surface area (Å²) >= 11 is 5.64. The smallest absolute Gasteiger partial charge is 0.221 e. The summed E-state index contributed by atoms with van der Waals surface area (Å²) in [5, 5.41) is 3.87. The lowest BCUT2D eigenvalue weighted by Gasteiger charge is -2.31. The van der Waals surface area contributed by atoms with Gasteiger partial charge in [-0.25, -0.2) is 0 Å². The maximum Gasteiger partial charge on any atom is 0.221 e. The van der Waals surface area contributed by atoms with Gasteiger partial charge in [-0.15, -0.1) is 11.8 Å². The summed E-state index contributed by atoms with van der Waals surface area (Å²) in [5.74, 6) is 1.11. The van der Waals surface area contributed by atoms with E-state index in [-0.39, 0.29) is 5.91 Å². The highest BCUT2D eigenvalue weighted by molar-refractivity contribution is 9.09. The Labute approximate surface area is 141 Å². The summed E-state index contributed by atoms with van der Waals surface area (Å²) in [5.41, 5.74) is 1.26. The number of amides is 1. The minimum absolute atomic E-state index is 0.0281. The van der Waals surface area contributed by atoms with Crippen molar-refractivity contribution in [3.63, 3.8) is 0 Å². The van der Waals surface area contributed by atoms with Crippen LogP contribution >= 0.6 is 27.7 Å². The van der Waals surface area contributed by atoms with Crippen LogP contribution in [0.5, 0.6) is 0 Å². The fraction of sp³-hybridized carbons (Fsp3) is 0.588. The minimum atomic E-state index is -0.0281. The van der Waals surface area contributed by atoms with Gasteiger partial charge >= 0.3 is 0 Å². The van der Waals surface area contributed by atoms with E-state index in [1.165, 1.54) is 37.5 Å². The predicted octanol–water partition coefficient (Wildman–Crippen LogP) is 5.72. The highest BCUT2D eigenvalue weighted by Gasteiger charge is 2.27. The molecular weight excluding hydrogens is 346 g/mol. The van der Waals surface area contributed by atoms with Crippen LogP contribution in [0.25, 0.3) is 0 Å². The molecule has 0 fully saturated rings. The topological polar surface area (TPSA) is 29.1 Å². The number of hydrogen-bond acceptors (Lipinski definition) is 2. The third-order valence-electron chi connectivity index (χ3n) is 3.56. The van der Waals surface area contributed by atoms with Gasteiger partial charge in [0.05, 0.1) is 0 Å². The van der Waals surface area contributed by atoms with E-state index in [9.17, 15) is 4.79 Å². The third-order valence-corrected chi connectivity index (χ3v) is 6.12. The third kappa shape index (κ3) is 6.43. The summed E-state index contributed by atoms with van der Waals surface area (Å²) < 4.78 is 0. The Morgan fingerprint density at radius 2 is 1.76 bits per heavy atom. The Balaban J connectivity index is 2.64. The zero-order valence-corrected chi connectivity index (χ0v) is 15.6. The van der Waals surface area contributed by atoms with Gasteiger partial charge in [-0.1, -0.05) is 42.6 Å². The van der Waals surface area contributed by atoms with Crippen molar-refractivity contribution in [2.24, 2.45) is 5.41 Å². The molecule has 0 radical (unpaired) electrons. The SMILES string of the molecule is CCCC(CBr)(CCC)CSc1ccc(NC(C)=O)cc1. The Hall–Kier alpha value is -0.480. The average molecular weight is 372 g/mol. The molecule has 1 amide bonds. The zero-order chi connectivity index (χ0) is 15.7. The van der Waals surface area contributed by atoms with Gasteiger partial charge in [-0.05, 0) is 42.5 Å². The number of thioether (sulfide) groups is 1. The first-order valence-corrected chi connectivity index (χ1v) is 9.72. The molecule has 0 saturated heterocycles. The molecule has 0 heterocycles. The summed E-state index contributed by atoms with van der Waals surface area (Å²) in [7, 11) is 0. The second kappa shape index (κ2) is 9.52. The van der Waals surface area contributed by atoms with Crippen molar-refractivity contribution in [1.82, 2.24) is 0 Å². The van der Waals surface area contributed by atoms with Crippen molar-refractivity contribution < 1.29 is 4.79 Å². The number of alkyl halides is 1. The number of hydrogen-bond donors (Lipinski definition) is 1. The van der Waals surface area contributed by atoms with Crippen molar-refractivity contribution >= 4 is 39.3 Å². The number of rotatable bonds is 9. The summed E-state index contributed by atoms with van der Waals surface area (Å²) in [6.07, 6.45) is 4.99. The van der Waals surface area contributed by atoms with Gasteiger partial charge in [0, 0.05) is 28.6 Å². The number of carbonyl (C=O) groups is 1. The molecule has 1 aromatic carbocycles. The molecule has 1 N–H and O–H groups in total. The standard InChI is InChI=1S/C17H26BrNOS/c1-4-10-17(12-18,11-5-2)13-21-16-8-6-15(7-9-16)19-14(3)20/h6-9H,4-5,10-13H2,1-3H3,(H,19,20). The van der Waals surface area contributed by atoms with Gasteiger partial charge in [0.2, 0.25) is 5.91 Å². The van der Waals surface area contributed by atoms with E-state index in [1.807, 2.05) is 23.9 Å². The van der Waals surface area contributed by atoms with Gasteiger partial charge < -0.3 is 5.32 Å². The largest absolute Gasteiger partial charge is 0.326 e. The van der Waals surface area contributed by atoms with Crippen LogP contribution in [-0.2, 0) is 4.79 Å². The Morgan fingerprint density at radius 1 is 1.19 bits per heavy atom. The maximum atomic E-state index is 11.0. The van der Waals surface area contributed by atoms with Gasteiger partial charge in [0.1, 0.15) is 0 Å². The molecule has 2 nitrogen and oxygen atoms in total. The van der Waals surface area contributed by atoms with Crippen molar-refractivity contribution in [3.8, 4) is 0 Å². The van der Waals surface area contributed by atoms with Crippen LogP contribution in [0.1, 0.15) is 46.5 Å². The van der Waals surface area contributed by atoms with E-state index in [2.05, 4.69) is 47.2 Å². The molecule has 0 aliphatic heterocycles. The predicted molar refractivity (Wildman–Crippen MR) is 97.5 cm³/mol. The van der Waals surface area contributed by atoms with E-state index >= 15 is 0 Å². The Morgan fingerprint density at radius 3 is 2.19 bits per heavy atom. The first kappa shape index (κ1) is 18.6. The monoisotopic (exact) mass is 371 g/mol. The molecular formula is C17H26BrNOS. The molecule has 0 spiro atoms. The fourth-order valence-electron chi connectivity index (χ4n) is 2.58. The molecule has 0 atom stereocenters. The van der Waals surface area contributed by atoms with Crippen molar-refractivity contribution in [3.05, 3.63) is 24.3 Å². The van der Waals surface area contributed by atoms with E-state index in [4.69, 9.17) is 0 Å². The van der Waals surface area contributed by atoms with Gasteiger partial charge in [-0.3, -0.25) is 4.79 Å². The molecule has 0 unspecified atom stereocenters. The van der Waals surface area contributed by atoms with Crippen LogP contribution in [0.2, 0.25) is 0 Å². The molecule has 118 valence electrons. The van der Waals surface area contributed by atoms with E-state index in [0.717, 1.165) is 16.8 Å². The summed E-state index contributed by atoms with van der Waals surface area (Å²) in [4.78, 5) is 12.3. The normalized spacial score (nSPS) is 11.4. The van der Waals surface area contributed by atoms with E-state index in [1.54, 1.807) is 0 Å². The maximum absolute atomic E-state index is 11.0. The molecule has 1 aromatic rings. The molecule has 21 heavy (non-hydrogen) atoms. The van der Waals surface area contributed by atoms with Crippen LogP contribution in [-0.4, -0.2) is 17.0 Å². The molecule has 0 saturated carbocycles. The van der Waals surface area contributed by atoms with Crippen LogP contribution in [0.3, 0.4) is 0 Å². The Kier molecular flexibility index (Phi) is 8.42. The second-order valence-corrected chi connectivity index (χ2v) is 7.24. The highest BCUT2D eigenvalue weighted by atomic mass is 79.9. The van der Waals surface area contributed by atoms with Crippen LogP contribution in [0.4, 0.5) is 5.69 Å². The lowest BCUT2D eigenvalue weighted by Crippen LogP contribution is -2.25. The zero-order valence-electron chi connectivity index (χ0n) is 13.2. The summed E-state index contributed by atoms with van der Waals surface area (Å²) in [6.45, 7) is 6.06. The molecule has 0 aliphatic carbocycles.